The number of benzene rings is 1. The van der Waals surface area contributed by atoms with E-state index in [2.05, 4.69) is 0 Å². The summed E-state index contributed by atoms with van der Waals surface area (Å²) >= 11 is 1.56. The molecule has 0 radical (unpaired) electrons. The summed E-state index contributed by atoms with van der Waals surface area (Å²) in [5.74, 6) is 0. The van der Waals surface area contributed by atoms with Crippen LogP contribution in [-0.2, 0) is 16.6 Å². The first-order valence-electron chi connectivity index (χ1n) is 6.18. The van der Waals surface area contributed by atoms with Crippen LogP contribution in [0.2, 0.25) is 0 Å². The lowest BCUT2D eigenvalue weighted by molar-refractivity contribution is 0.469. The van der Waals surface area contributed by atoms with Gasteiger partial charge in [-0.3, -0.25) is 0 Å². The largest absolute Gasteiger partial charge is 0.398 e. The van der Waals surface area contributed by atoms with Crippen LogP contribution in [-0.4, -0.2) is 19.8 Å². The Kier molecular flexibility index (Phi) is 4.17. The Morgan fingerprint density at radius 2 is 1.90 bits per heavy atom. The molecule has 0 spiro atoms. The Morgan fingerprint density at radius 3 is 2.45 bits per heavy atom. The standard InChI is InChI=1S/C14H18N2O2S2/c1-10-4-5-12(8-13(10)15)20(17,18)16(3)9-14-11(2)6-7-19-14/h4-8H,9,15H2,1-3H3. The fourth-order valence-electron chi connectivity index (χ4n) is 1.81. The maximum atomic E-state index is 12.5. The van der Waals surface area contributed by atoms with Crippen molar-refractivity contribution in [3.8, 4) is 0 Å². The zero-order valence-corrected chi connectivity index (χ0v) is 13.4. The fourth-order valence-corrected chi connectivity index (χ4v) is 4.03. The van der Waals surface area contributed by atoms with Gasteiger partial charge in [-0.2, -0.15) is 4.31 Å². The Hall–Kier alpha value is -1.37. The van der Waals surface area contributed by atoms with Gasteiger partial charge < -0.3 is 5.73 Å². The highest BCUT2D eigenvalue weighted by Crippen LogP contribution is 2.23. The molecule has 6 heteroatoms. The molecule has 4 nitrogen and oxygen atoms in total. The predicted octanol–water partition coefficient (Wildman–Crippen LogP) is 2.77. The molecule has 1 heterocycles. The molecule has 2 N–H and O–H groups in total. The third kappa shape index (κ3) is 2.87. The second-order valence-corrected chi connectivity index (χ2v) is 7.85. The van der Waals surface area contributed by atoms with E-state index in [-0.39, 0.29) is 4.90 Å². The average molecular weight is 310 g/mol. The lowest BCUT2D eigenvalue weighted by Crippen LogP contribution is -2.26. The van der Waals surface area contributed by atoms with Crippen molar-refractivity contribution in [2.24, 2.45) is 0 Å². The van der Waals surface area contributed by atoms with Gasteiger partial charge in [-0.1, -0.05) is 6.07 Å². The van der Waals surface area contributed by atoms with E-state index >= 15 is 0 Å². The molecule has 0 aliphatic rings. The zero-order chi connectivity index (χ0) is 14.9. The Balaban J connectivity index is 2.29. The number of hydrogen-bond acceptors (Lipinski definition) is 4. The van der Waals surface area contributed by atoms with Gasteiger partial charge in [-0.15, -0.1) is 11.3 Å². The minimum atomic E-state index is -3.51. The monoisotopic (exact) mass is 310 g/mol. The third-order valence-corrected chi connectivity index (χ3v) is 6.10. The lowest BCUT2D eigenvalue weighted by atomic mass is 10.2. The molecule has 0 amide bonds. The summed E-state index contributed by atoms with van der Waals surface area (Å²) in [6.45, 7) is 4.21. The van der Waals surface area contributed by atoms with E-state index in [0.717, 1.165) is 16.0 Å². The number of nitrogens with two attached hydrogens (primary N) is 1. The average Bonchev–Trinajstić information content (AvgIpc) is 2.78. The summed E-state index contributed by atoms with van der Waals surface area (Å²) in [7, 11) is -1.92. The van der Waals surface area contributed by atoms with E-state index in [0.29, 0.717) is 12.2 Å². The van der Waals surface area contributed by atoms with Crippen LogP contribution in [0, 0.1) is 13.8 Å². The molecule has 0 aliphatic heterocycles. The molecule has 20 heavy (non-hydrogen) atoms. The molecule has 0 atom stereocenters. The van der Waals surface area contributed by atoms with Crippen molar-refractivity contribution in [3.63, 3.8) is 0 Å². The van der Waals surface area contributed by atoms with Crippen molar-refractivity contribution >= 4 is 27.0 Å². The third-order valence-electron chi connectivity index (χ3n) is 3.29. The van der Waals surface area contributed by atoms with E-state index in [4.69, 9.17) is 5.73 Å². The predicted molar refractivity (Wildman–Crippen MR) is 83.3 cm³/mol. The van der Waals surface area contributed by atoms with E-state index in [9.17, 15) is 8.42 Å². The maximum Gasteiger partial charge on any atom is 0.243 e. The van der Waals surface area contributed by atoms with Crippen LogP contribution in [0.3, 0.4) is 0 Å². The number of hydrogen-bond donors (Lipinski definition) is 1. The zero-order valence-electron chi connectivity index (χ0n) is 11.8. The van der Waals surface area contributed by atoms with Crippen molar-refractivity contribution < 1.29 is 8.42 Å². The SMILES string of the molecule is Cc1ccc(S(=O)(=O)N(C)Cc2sccc2C)cc1N. The highest BCUT2D eigenvalue weighted by molar-refractivity contribution is 7.89. The van der Waals surface area contributed by atoms with Gasteiger partial charge in [0.15, 0.2) is 0 Å². The van der Waals surface area contributed by atoms with Crippen molar-refractivity contribution in [2.75, 3.05) is 12.8 Å². The first-order valence-corrected chi connectivity index (χ1v) is 8.50. The van der Waals surface area contributed by atoms with Gasteiger partial charge in [0.2, 0.25) is 10.0 Å². The maximum absolute atomic E-state index is 12.5. The van der Waals surface area contributed by atoms with Crippen LogP contribution in [0.25, 0.3) is 0 Å². The number of rotatable bonds is 4. The van der Waals surface area contributed by atoms with Crippen LogP contribution in [0.5, 0.6) is 0 Å². The quantitative estimate of drug-likeness (QED) is 0.883. The molecule has 1 aromatic heterocycles. The highest BCUT2D eigenvalue weighted by Gasteiger charge is 2.22. The molecule has 108 valence electrons. The van der Waals surface area contributed by atoms with Gasteiger partial charge >= 0.3 is 0 Å². The summed E-state index contributed by atoms with van der Waals surface area (Å²) < 4.78 is 26.4. The Bertz CT molecular complexity index is 721. The molecule has 0 saturated carbocycles. The van der Waals surface area contributed by atoms with Crippen LogP contribution in [0.1, 0.15) is 16.0 Å². The van der Waals surface area contributed by atoms with E-state index in [1.165, 1.54) is 10.4 Å². The number of thiophene rings is 1. The van der Waals surface area contributed by atoms with Gasteiger partial charge in [-0.05, 0) is 48.6 Å². The molecule has 2 rings (SSSR count). The van der Waals surface area contributed by atoms with Gasteiger partial charge in [-0.25, -0.2) is 8.42 Å². The fraction of sp³-hybridized carbons (Fsp3) is 0.286. The topological polar surface area (TPSA) is 63.4 Å². The molecular formula is C14H18N2O2S2. The molecule has 1 aromatic carbocycles. The minimum Gasteiger partial charge on any atom is -0.398 e. The smallest absolute Gasteiger partial charge is 0.243 e. The normalized spacial score (nSPS) is 12.0. The van der Waals surface area contributed by atoms with E-state index in [1.54, 1.807) is 30.5 Å². The number of nitrogen functional groups attached to an aromatic ring is 1. The van der Waals surface area contributed by atoms with E-state index < -0.39 is 10.0 Å². The van der Waals surface area contributed by atoms with Crippen molar-refractivity contribution in [1.29, 1.82) is 0 Å². The molecule has 0 saturated heterocycles. The first-order chi connectivity index (χ1) is 9.32. The van der Waals surface area contributed by atoms with Crippen LogP contribution in [0.4, 0.5) is 5.69 Å². The molecule has 0 aliphatic carbocycles. The summed E-state index contributed by atoms with van der Waals surface area (Å²) in [6, 6.07) is 6.83. The lowest BCUT2D eigenvalue weighted by Gasteiger charge is -2.17. The second kappa shape index (κ2) is 5.55. The van der Waals surface area contributed by atoms with E-state index in [1.807, 2.05) is 25.3 Å². The molecule has 0 fully saturated rings. The van der Waals surface area contributed by atoms with Crippen molar-refractivity contribution in [2.45, 2.75) is 25.3 Å². The van der Waals surface area contributed by atoms with Gasteiger partial charge in [0.05, 0.1) is 4.90 Å². The number of anilines is 1. The van der Waals surface area contributed by atoms with Gasteiger partial charge in [0.1, 0.15) is 0 Å². The summed E-state index contributed by atoms with van der Waals surface area (Å²) in [4.78, 5) is 1.29. The van der Waals surface area contributed by atoms with Crippen molar-refractivity contribution in [1.82, 2.24) is 4.31 Å². The number of aryl methyl sites for hydroxylation is 2. The summed E-state index contributed by atoms with van der Waals surface area (Å²) in [6.07, 6.45) is 0. The van der Waals surface area contributed by atoms with Crippen molar-refractivity contribution in [3.05, 3.63) is 45.6 Å². The molecule has 2 aromatic rings. The molecular weight excluding hydrogens is 292 g/mol. The Morgan fingerprint density at radius 1 is 1.20 bits per heavy atom. The van der Waals surface area contributed by atoms with Gasteiger partial charge in [0.25, 0.3) is 0 Å². The minimum absolute atomic E-state index is 0.234. The van der Waals surface area contributed by atoms with Gasteiger partial charge in [0, 0.05) is 24.2 Å². The number of sulfonamides is 1. The van der Waals surface area contributed by atoms with Crippen LogP contribution >= 0.6 is 11.3 Å². The highest BCUT2D eigenvalue weighted by atomic mass is 32.2. The van der Waals surface area contributed by atoms with Crippen LogP contribution < -0.4 is 5.73 Å². The Labute approximate surface area is 123 Å². The summed E-state index contributed by atoms with van der Waals surface area (Å²) in [5.41, 5.74) is 8.28. The molecule has 0 unspecified atom stereocenters. The number of nitrogens with zero attached hydrogens (tertiary/aromatic N) is 1. The summed E-state index contributed by atoms with van der Waals surface area (Å²) in [5, 5.41) is 1.97. The van der Waals surface area contributed by atoms with Crippen LogP contribution in [0.15, 0.2) is 34.5 Å². The molecule has 0 bridgehead atoms. The second-order valence-electron chi connectivity index (χ2n) is 4.81. The first kappa shape index (κ1) is 15.0.